The van der Waals surface area contributed by atoms with Gasteiger partial charge in [0.05, 0.1) is 40.1 Å². The Balaban J connectivity index is 0.918. The predicted octanol–water partition coefficient (Wildman–Crippen LogP) is 6.73. The molecular formula is C52H56N8O10. The van der Waals surface area contributed by atoms with Crippen molar-refractivity contribution in [1.82, 2.24) is 39.4 Å². The second-order valence-electron chi connectivity index (χ2n) is 18.2. The number of benzene rings is 3. The van der Waals surface area contributed by atoms with Gasteiger partial charge in [-0.05, 0) is 105 Å². The highest BCUT2D eigenvalue weighted by Crippen LogP contribution is 2.43. The van der Waals surface area contributed by atoms with Crippen molar-refractivity contribution in [3.8, 4) is 45.7 Å². The molecule has 3 aromatic carbocycles. The van der Waals surface area contributed by atoms with Crippen LogP contribution in [0.4, 0.5) is 4.79 Å². The zero-order chi connectivity index (χ0) is 49.6. The standard InChI is InChI=1S/C52H56N8O10/c1-6-10-19-57(5)48(65)36-24-35(42(62)26-43(36)63)45-55-56-46(47(64)53-9-4)60(45)31-13-11-29(12-14-31)22-30-17-20-58(21-18-30)51(68)70-52(8-3)39-25-41-44-37(27-59(41)49(66)38(39)28-69-50(52)67)33(7-2)34-23-32(61)15-16-40(34)54-44/h11-16,23-26,30,61-63H,6-10,17-22,27-28H2,1-5H3,(H,53,64). The van der Waals surface area contributed by atoms with Crippen LogP contribution in [0.3, 0.4) is 0 Å². The molecule has 1 fully saturated rings. The Bertz CT molecular complexity index is 3140. The molecule has 0 radical (unpaired) electrons. The molecule has 6 heterocycles. The zero-order valence-corrected chi connectivity index (χ0v) is 39.9. The number of piperidine rings is 1. The maximum atomic E-state index is 14.2. The highest BCUT2D eigenvalue weighted by molar-refractivity contribution is 5.99. The molecule has 18 heteroatoms. The third-order valence-corrected chi connectivity index (χ3v) is 13.9. The molecule has 18 nitrogen and oxygen atoms in total. The van der Waals surface area contributed by atoms with E-state index in [-0.39, 0.29) is 70.9 Å². The van der Waals surface area contributed by atoms with Crippen LogP contribution in [0.2, 0.25) is 0 Å². The molecule has 9 rings (SSSR count). The fourth-order valence-electron chi connectivity index (χ4n) is 10.1. The van der Waals surface area contributed by atoms with E-state index in [0.717, 1.165) is 41.0 Å². The Hall–Kier alpha value is -7.76. The summed E-state index contributed by atoms with van der Waals surface area (Å²) in [6.07, 6.45) is 3.60. The average Bonchev–Trinajstić information content (AvgIpc) is 3.96. The second kappa shape index (κ2) is 19.0. The topological polar surface area (TPSA) is 232 Å². The number of rotatable bonds is 13. The molecular weight excluding hydrogens is 897 g/mol. The van der Waals surface area contributed by atoms with Crippen LogP contribution in [0.15, 0.2) is 65.5 Å². The molecule has 3 aliphatic heterocycles. The van der Waals surface area contributed by atoms with Crippen molar-refractivity contribution in [1.29, 1.82) is 0 Å². The number of aromatic nitrogens is 5. The molecule has 3 amide bonds. The van der Waals surface area contributed by atoms with Crippen LogP contribution in [0.5, 0.6) is 17.2 Å². The number of nitrogens with one attached hydrogen (secondary N) is 1. The number of hydrogen-bond acceptors (Lipinski definition) is 13. The number of phenols is 3. The second-order valence-corrected chi connectivity index (χ2v) is 18.2. The van der Waals surface area contributed by atoms with E-state index in [1.807, 2.05) is 38.1 Å². The van der Waals surface area contributed by atoms with Gasteiger partial charge >= 0.3 is 12.1 Å². The SMILES string of the molecule is CCCCN(C)C(=O)c1cc(-c2nnc(C(=O)NCC)n2-c2ccc(CC3CCN(C(=O)OC4(CC)C(=O)OCc5c4cc4n(c5=O)Cc5c-4nc4ccc(O)cc4c5CC)CC3)cc2)c(O)cc1O. The monoisotopic (exact) mass is 952 g/mol. The molecule has 70 heavy (non-hydrogen) atoms. The Morgan fingerprint density at radius 2 is 1.69 bits per heavy atom. The van der Waals surface area contributed by atoms with E-state index < -0.39 is 35.2 Å². The van der Waals surface area contributed by atoms with Crippen molar-refractivity contribution in [3.63, 3.8) is 0 Å². The number of fused-ring (bicyclic) bond motifs is 5. The lowest BCUT2D eigenvalue weighted by atomic mass is 9.85. The van der Waals surface area contributed by atoms with Gasteiger partial charge in [-0.3, -0.25) is 19.0 Å². The van der Waals surface area contributed by atoms with E-state index in [1.165, 1.54) is 15.5 Å². The number of carbonyl (C=O) groups excluding carboxylic acids is 4. The van der Waals surface area contributed by atoms with Gasteiger partial charge in [0.1, 0.15) is 23.9 Å². The molecule has 3 aliphatic rings. The first-order chi connectivity index (χ1) is 33.7. The number of unbranched alkanes of at least 4 members (excludes halogenated alkanes) is 1. The third kappa shape index (κ3) is 8.23. The normalized spacial score (nSPS) is 16.4. The van der Waals surface area contributed by atoms with Gasteiger partial charge in [-0.2, -0.15) is 0 Å². The van der Waals surface area contributed by atoms with E-state index in [4.69, 9.17) is 14.5 Å². The van der Waals surface area contributed by atoms with E-state index in [2.05, 4.69) is 15.5 Å². The van der Waals surface area contributed by atoms with Crippen molar-refractivity contribution in [2.45, 2.75) is 91.4 Å². The minimum atomic E-state index is -1.86. The van der Waals surface area contributed by atoms with Crippen molar-refractivity contribution in [2.24, 2.45) is 5.92 Å². The lowest BCUT2D eigenvalue weighted by molar-refractivity contribution is -0.173. The Morgan fingerprint density at radius 3 is 2.39 bits per heavy atom. The van der Waals surface area contributed by atoms with Gasteiger partial charge < -0.3 is 44.5 Å². The first kappa shape index (κ1) is 47.3. The minimum Gasteiger partial charge on any atom is -0.508 e. The molecule has 0 saturated carbocycles. The van der Waals surface area contributed by atoms with Crippen LogP contribution in [0.25, 0.3) is 39.4 Å². The summed E-state index contributed by atoms with van der Waals surface area (Å²) in [6.45, 7) is 9.07. The summed E-state index contributed by atoms with van der Waals surface area (Å²) in [5, 5.41) is 44.1. The smallest absolute Gasteiger partial charge is 0.411 e. The Kier molecular flexibility index (Phi) is 12.8. The number of aryl methyl sites for hydroxylation is 1. The molecule has 1 unspecified atom stereocenters. The van der Waals surface area contributed by atoms with Crippen LogP contribution in [0.1, 0.15) is 109 Å². The van der Waals surface area contributed by atoms with Gasteiger partial charge in [0.2, 0.25) is 11.4 Å². The third-order valence-electron chi connectivity index (χ3n) is 13.9. The van der Waals surface area contributed by atoms with Gasteiger partial charge in [0, 0.05) is 61.5 Å². The van der Waals surface area contributed by atoms with Crippen LogP contribution in [0, 0.1) is 5.92 Å². The Labute approximate surface area is 403 Å². The summed E-state index contributed by atoms with van der Waals surface area (Å²) in [4.78, 5) is 76.8. The molecule has 1 atom stereocenters. The number of pyridine rings is 2. The van der Waals surface area contributed by atoms with Crippen LogP contribution < -0.4 is 10.9 Å². The largest absolute Gasteiger partial charge is 0.508 e. The van der Waals surface area contributed by atoms with Crippen LogP contribution in [-0.2, 0) is 45.9 Å². The number of nitrogens with zero attached hydrogens (tertiary/aromatic N) is 7. The lowest BCUT2D eigenvalue weighted by Crippen LogP contribution is -2.50. The molecule has 0 spiro atoms. The van der Waals surface area contributed by atoms with Crippen molar-refractivity contribution >= 4 is 34.8 Å². The van der Waals surface area contributed by atoms with Gasteiger partial charge in [-0.25, -0.2) is 14.6 Å². The van der Waals surface area contributed by atoms with E-state index in [9.17, 15) is 39.3 Å². The highest BCUT2D eigenvalue weighted by atomic mass is 16.6. The summed E-state index contributed by atoms with van der Waals surface area (Å²) in [7, 11) is 1.64. The van der Waals surface area contributed by atoms with Gasteiger partial charge in [-0.15, -0.1) is 10.2 Å². The molecule has 3 aromatic heterocycles. The molecule has 364 valence electrons. The van der Waals surface area contributed by atoms with E-state index in [1.54, 1.807) is 54.6 Å². The lowest BCUT2D eigenvalue weighted by Gasteiger charge is -2.38. The van der Waals surface area contributed by atoms with Crippen molar-refractivity contribution < 1.29 is 44.0 Å². The number of esters is 1. The van der Waals surface area contributed by atoms with Crippen LogP contribution >= 0.6 is 0 Å². The molecule has 4 N–H and O–H groups in total. The molecule has 6 aromatic rings. The highest BCUT2D eigenvalue weighted by Gasteiger charge is 2.51. The number of cyclic esters (lactones) is 1. The van der Waals surface area contributed by atoms with Crippen molar-refractivity contribution in [2.75, 3.05) is 33.2 Å². The summed E-state index contributed by atoms with van der Waals surface area (Å²) < 4.78 is 14.9. The number of amides is 3. The fraction of sp³-hybridized carbons (Fsp3) is 0.385. The van der Waals surface area contributed by atoms with Gasteiger partial charge in [0.15, 0.2) is 5.82 Å². The molecule has 0 bridgehead atoms. The van der Waals surface area contributed by atoms with E-state index in [0.29, 0.717) is 80.0 Å². The summed E-state index contributed by atoms with van der Waals surface area (Å²) >= 11 is 0. The fourth-order valence-corrected chi connectivity index (χ4v) is 10.1. The van der Waals surface area contributed by atoms with Crippen molar-refractivity contribution in [3.05, 3.63) is 110 Å². The summed E-state index contributed by atoms with van der Waals surface area (Å²) in [6, 6.07) is 16.7. The maximum absolute atomic E-state index is 14.2. The number of carbonyl (C=O) groups is 4. The van der Waals surface area contributed by atoms with Gasteiger partial charge in [0.25, 0.3) is 17.4 Å². The number of likely N-dealkylation sites (tertiary alicyclic amines) is 1. The summed E-state index contributed by atoms with van der Waals surface area (Å²) in [5.74, 6) is -2.07. The molecule has 1 saturated heterocycles. The average molecular weight is 953 g/mol. The first-order valence-corrected chi connectivity index (χ1v) is 23.9. The van der Waals surface area contributed by atoms with Crippen LogP contribution in [-0.4, -0.2) is 107 Å². The van der Waals surface area contributed by atoms with E-state index >= 15 is 0 Å². The number of aromatic hydroxyl groups is 3. The minimum absolute atomic E-state index is 0.0328. The van der Waals surface area contributed by atoms with Gasteiger partial charge in [-0.1, -0.05) is 39.3 Å². The number of phenolic OH excluding ortho intramolecular Hbond substituents is 3. The summed E-state index contributed by atoms with van der Waals surface area (Å²) in [5.41, 5.74) is 3.55. The quantitative estimate of drug-likeness (QED) is 0.0880. The number of ether oxygens (including phenoxy) is 2. The predicted molar refractivity (Wildman–Crippen MR) is 258 cm³/mol. The zero-order valence-electron chi connectivity index (χ0n) is 39.9. The first-order valence-electron chi connectivity index (χ1n) is 23.9. The number of hydrogen-bond donors (Lipinski definition) is 4. The Morgan fingerprint density at radius 1 is 0.929 bits per heavy atom. The maximum Gasteiger partial charge on any atom is 0.411 e. The molecule has 0 aliphatic carbocycles.